The maximum Gasteiger partial charge on any atom is 0.322 e. The first kappa shape index (κ1) is 18.3. The summed E-state index contributed by atoms with van der Waals surface area (Å²) < 4.78 is 10.3. The van der Waals surface area contributed by atoms with E-state index in [4.69, 9.17) is 9.15 Å². The van der Waals surface area contributed by atoms with E-state index in [9.17, 15) is 20.0 Å². The number of rotatable bonds is 5. The molecule has 1 saturated heterocycles. The van der Waals surface area contributed by atoms with Gasteiger partial charge < -0.3 is 14.3 Å². The Labute approximate surface area is 153 Å². The van der Waals surface area contributed by atoms with Gasteiger partial charge in [-0.25, -0.2) is 0 Å². The molecule has 2 heterocycles. The number of hydrogen-bond acceptors (Lipinski definition) is 7. The Morgan fingerprint density at radius 1 is 1.38 bits per heavy atom. The van der Waals surface area contributed by atoms with E-state index in [1.165, 1.54) is 31.0 Å². The van der Waals surface area contributed by atoms with E-state index < -0.39 is 21.7 Å². The molecule has 8 nitrogen and oxygen atoms in total. The number of carboxylic acid groups (broad SMARTS) is 1. The van der Waals surface area contributed by atoms with Gasteiger partial charge >= 0.3 is 11.7 Å². The quantitative estimate of drug-likeness (QED) is 0.601. The summed E-state index contributed by atoms with van der Waals surface area (Å²) in [7, 11) is 1.37. The summed E-state index contributed by atoms with van der Waals surface area (Å²) in [4.78, 5) is 22.1. The van der Waals surface area contributed by atoms with Gasteiger partial charge in [0.1, 0.15) is 22.9 Å². The molecule has 1 aliphatic rings. The van der Waals surface area contributed by atoms with Crippen LogP contribution in [0.5, 0.6) is 5.75 Å². The Bertz CT molecular complexity index is 863. The molecule has 1 aliphatic heterocycles. The van der Waals surface area contributed by atoms with Crippen LogP contribution in [0.25, 0.3) is 11.3 Å². The van der Waals surface area contributed by atoms with Crippen LogP contribution in [0.1, 0.15) is 25.0 Å². The molecule has 1 aromatic carbocycles. The van der Waals surface area contributed by atoms with Gasteiger partial charge in [-0.2, -0.15) is 0 Å². The fraction of sp³-hybridized carbons (Fsp3) is 0.353. The highest BCUT2D eigenvalue weighted by Crippen LogP contribution is 2.46. The van der Waals surface area contributed by atoms with Gasteiger partial charge in [-0.1, -0.05) is 0 Å². The summed E-state index contributed by atoms with van der Waals surface area (Å²) >= 11 is 1.47. The van der Waals surface area contributed by atoms with Crippen molar-refractivity contribution in [3.05, 3.63) is 46.2 Å². The summed E-state index contributed by atoms with van der Waals surface area (Å²) in [6.45, 7) is 3.72. The number of thioether (sulfide) groups is 1. The molecule has 0 aliphatic carbocycles. The van der Waals surface area contributed by atoms with Gasteiger partial charge in [0, 0.05) is 16.4 Å². The van der Waals surface area contributed by atoms with Crippen molar-refractivity contribution in [2.24, 2.45) is 0 Å². The molecule has 2 aromatic rings. The van der Waals surface area contributed by atoms with E-state index in [1.54, 1.807) is 18.2 Å². The lowest BCUT2D eigenvalue weighted by Crippen LogP contribution is -2.43. The zero-order valence-electron chi connectivity index (χ0n) is 14.4. The van der Waals surface area contributed by atoms with Crippen LogP contribution in [0.15, 0.2) is 34.7 Å². The van der Waals surface area contributed by atoms with Crippen molar-refractivity contribution in [2.75, 3.05) is 7.11 Å². The first-order valence-corrected chi connectivity index (χ1v) is 8.70. The van der Waals surface area contributed by atoms with Gasteiger partial charge in [-0.05, 0) is 38.1 Å². The van der Waals surface area contributed by atoms with Crippen LogP contribution in [-0.4, -0.2) is 33.9 Å². The van der Waals surface area contributed by atoms with Crippen LogP contribution in [0.4, 0.5) is 5.69 Å². The van der Waals surface area contributed by atoms with Crippen LogP contribution in [-0.2, 0) is 4.79 Å². The molecular formula is C17H18N2O6S. The van der Waals surface area contributed by atoms with Crippen molar-refractivity contribution < 1.29 is 24.0 Å². The van der Waals surface area contributed by atoms with Crippen LogP contribution < -0.4 is 10.1 Å². The number of carbonyl (C=O) groups is 1. The predicted molar refractivity (Wildman–Crippen MR) is 96.3 cm³/mol. The van der Waals surface area contributed by atoms with E-state index in [-0.39, 0.29) is 16.8 Å². The first-order chi connectivity index (χ1) is 12.2. The monoisotopic (exact) mass is 378 g/mol. The number of nitro benzene ring substituents is 1. The molecule has 0 bridgehead atoms. The second-order valence-electron chi connectivity index (χ2n) is 6.39. The van der Waals surface area contributed by atoms with E-state index in [0.717, 1.165) is 0 Å². The minimum Gasteiger partial charge on any atom is -0.490 e. The Morgan fingerprint density at radius 3 is 2.69 bits per heavy atom. The minimum absolute atomic E-state index is 0.150. The molecule has 0 radical (unpaired) electrons. The van der Waals surface area contributed by atoms with E-state index in [2.05, 4.69) is 5.32 Å². The summed E-state index contributed by atoms with van der Waals surface area (Å²) in [6, 6.07) is 7.34. The third-order valence-electron chi connectivity index (χ3n) is 4.23. The fourth-order valence-corrected chi connectivity index (χ4v) is 4.26. The van der Waals surface area contributed by atoms with E-state index in [1.807, 2.05) is 13.8 Å². The highest BCUT2D eigenvalue weighted by atomic mass is 32.2. The topological polar surface area (TPSA) is 115 Å². The lowest BCUT2D eigenvalue weighted by atomic mass is 10.0. The van der Waals surface area contributed by atoms with Gasteiger partial charge in [0.05, 0.1) is 12.0 Å². The maximum atomic E-state index is 11.4. The lowest BCUT2D eigenvalue weighted by Gasteiger charge is -2.20. The average molecular weight is 378 g/mol. The van der Waals surface area contributed by atoms with Crippen LogP contribution in [0.2, 0.25) is 0 Å². The molecule has 0 saturated carbocycles. The van der Waals surface area contributed by atoms with Crippen LogP contribution in [0.3, 0.4) is 0 Å². The molecule has 1 aromatic heterocycles. The maximum absolute atomic E-state index is 11.4. The number of nitrogens with zero attached hydrogens (tertiary/aromatic N) is 1. The number of carboxylic acids is 1. The normalized spacial score (nSPS) is 21.5. The molecule has 1 fully saturated rings. The highest BCUT2D eigenvalue weighted by Gasteiger charge is 2.46. The summed E-state index contributed by atoms with van der Waals surface area (Å²) in [5, 5.41) is 23.3. The number of hydrogen-bond donors (Lipinski definition) is 2. The van der Waals surface area contributed by atoms with Crippen molar-refractivity contribution in [2.45, 2.75) is 30.0 Å². The first-order valence-electron chi connectivity index (χ1n) is 7.82. The third-order valence-corrected chi connectivity index (χ3v) is 5.67. The number of methoxy groups -OCH3 is 1. The molecular weight excluding hydrogens is 360 g/mol. The lowest BCUT2D eigenvalue weighted by molar-refractivity contribution is -0.385. The molecule has 138 valence electrons. The number of nitro groups is 1. The molecule has 26 heavy (non-hydrogen) atoms. The Kier molecular flexibility index (Phi) is 4.68. The Hall–Kier alpha value is -2.52. The molecule has 0 amide bonds. The average Bonchev–Trinajstić information content (AvgIpc) is 3.18. The predicted octanol–water partition coefficient (Wildman–Crippen LogP) is 3.43. The van der Waals surface area contributed by atoms with Crippen molar-refractivity contribution >= 4 is 23.4 Å². The zero-order chi connectivity index (χ0) is 19.1. The summed E-state index contributed by atoms with van der Waals surface area (Å²) in [5.74, 6) is 0.289. The van der Waals surface area contributed by atoms with E-state index in [0.29, 0.717) is 17.1 Å². The SMILES string of the molecule is COc1ccc(-c2ccc(C3NC(C(=O)O)C(C)(C)S3)o2)cc1[N+](=O)[O-]. The number of ether oxygens (including phenoxy) is 1. The third kappa shape index (κ3) is 3.27. The van der Waals surface area contributed by atoms with Crippen LogP contribution in [0, 0.1) is 10.1 Å². The minimum atomic E-state index is -0.914. The summed E-state index contributed by atoms with van der Waals surface area (Å²) in [5.41, 5.74) is 0.393. The van der Waals surface area contributed by atoms with Crippen molar-refractivity contribution in [3.63, 3.8) is 0 Å². The largest absolute Gasteiger partial charge is 0.490 e. The highest BCUT2D eigenvalue weighted by molar-refractivity contribution is 8.01. The zero-order valence-corrected chi connectivity index (χ0v) is 15.2. The second kappa shape index (κ2) is 6.65. The molecule has 2 N–H and O–H groups in total. The van der Waals surface area contributed by atoms with Gasteiger partial charge in [0.25, 0.3) is 0 Å². The number of nitrogens with one attached hydrogen (secondary N) is 1. The Balaban J connectivity index is 1.88. The molecule has 0 spiro atoms. The molecule has 3 rings (SSSR count). The fourth-order valence-electron chi connectivity index (χ4n) is 2.90. The molecule has 9 heteroatoms. The number of furan rings is 1. The van der Waals surface area contributed by atoms with Crippen molar-refractivity contribution in [3.8, 4) is 17.1 Å². The standard InChI is InChI=1S/C17H18N2O6S/c1-17(2)14(16(20)21)18-15(26-17)13-7-6-11(25-13)9-4-5-12(24-3)10(8-9)19(22)23/h4-8,14-15,18H,1-3H3,(H,20,21). The Morgan fingerprint density at radius 2 is 2.12 bits per heavy atom. The van der Waals surface area contributed by atoms with E-state index >= 15 is 0 Å². The number of aliphatic carboxylic acids is 1. The van der Waals surface area contributed by atoms with Gasteiger partial charge in [-0.15, -0.1) is 11.8 Å². The molecule has 2 atom stereocenters. The smallest absolute Gasteiger partial charge is 0.322 e. The van der Waals surface area contributed by atoms with Gasteiger partial charge in [0.2, 0.25) is 0 Å². The van der Waals surface area contributed by atoms with Gasteiger partial charge in [0.15, 0.2) is 5.75 Å². The second-order valence-corrected chi connectivity index (χ2v) is 8.14. The summed E-state index contributed by atoms with van der Waals surface area (Å²) in [6.07, 6.45) is 0. The van der Waals surface area contributed by atoms with Crippen molar-refractivity contribution in [1.82, 2.24) is 5.32 Å². The molecule has 2 unspecified atom stereocenters. The van der Waals surface area contributed by atoms with Gasteiger partial charge in [-0.3, -0.25) is 20.2 Å². The van der Waals surface area contributed by atoms with Crippen molar-refractivity contribution in [1.29, 1.82) is 0 Å². The number of benzene rings is 1. The van der Waals surface area contributed by atoms with Crippen LogP contribution >= 0.6 is 11.8 Å².